The molecule has 0 bridgehead atoms. The van der Waals surface area contributed by atoms with Gasteiger partial charge in [-0.1, -0.05) is 27.2 Å². The number of aromatic nitrogens is 1. The number of hydroxylamine groups is 1. The van der Waals surface area contributed by atoms with Crippen LogP contribution in [0.3, 0.4) is 0 Å². The van der Waals surface area contributed by atoms with Crippen LogP contribution in [0.4, 0.5) is 5.69 Å². The van der Waals surface area contributed by atoms with Gasteiger partial charge in [0.05, 0.1) is 17.6 Å². The van der Waals surface area contributed by atoms with Crippen LogP contribution in [0.2, 0.25) is 0 Å². The lowest BCUT2D eigenvalue weighted by molar-refractivity contribution is -0.154. The van der Waals surface area contributed by atoms with Gasteiger partial charge in [0.25, 0.3) is 5.56 Å². The average Bonchev–Trinajstić information content (AvgIpc) is 2.66. The number of pyridine rings is 1. The molecule has 5 heteroatoms. The van der Waals surface area contributed by atoms with E-state index in [9.17, 15) is 9.59 Å². The quantitative estimate of drug-likeness (QED) is 0.854. The largest absolute Gasteiger partial charge is 0.340 e. The fraction of sp³-hybridized carbons (Fsp3) is 0.667. The van der Waals surface area contributed by atoms with E-state index in [1.807, 2.05) is 27.0 Å². The lowest BCUT2D eigenvalue weighted by Gasteiger charge is -2.25. The normalized spacial score (nSPS) is 16.3. The fourth-order valence-corrected chi connectivity index (χ4v) is 2.65. The molecule has 5 nitrogen and oxygen atoms in total. The summed E-state index contributed by atoms with van der Waals surface area (Å²) in [5.74, 6) is -0.271. The van der Waals surface area contributed by atoms with E-state index < -0.39 is 5.41 Å². The van der Waals surface area contributed by atoms with Crippen LogP contribution < -0.4 is 10.6 Å². The molecule has 1 aliphatic rings. The van der Waals surface area contributed by atoms with Crippen molar-refractivity contribution in [2.45, 2.75) is 66.3 Å². The summed E-state index contributed by atoms with van der Waals surface area (Å²) in [6.07, 6.45) is 3.81. The van der Waals surface area contributed by atoms with Crippen molar-refractivity contribution in [1.29, 1.82) is 0 Å². The number of carbonyl (C=O) groups excluding carboxylic acids is 1. The van der Waals surface area contributed by atoms with E-state index in [-0.39, 0.29) is 16.9 Å². The summed E-state index contributed by atoms with van der Waals surface area (Å²) >= 11 is 0. The molecule has 0 atom stereocenters. The summed E-state index contributed by atoms with van der Waals surface area (Å²) in [4.78, 5) is 30.1. The number of unbranched alkanes of at least 4 members (excludes halogenated alkanes) is 1. The smallest absolute Gasteiger partial charge is 0.337 e. The summed E-state index contributed by atoms with van der Waals surface area (Å²) in [6, 6.07) is 1.69. The van der Waals surface area contributed by atoms with Crippen molar-refractivity contribution >= 4 is 11.7 Å². The summed E-state index contributed by atoms with van der Waals surface area (Å²) < 4.78 is 1.71. The van der Waals surface area contributed by atoms with Crippen LogP contribution >= 0.6 is 0 Å². The Balaban J connectivity index is 2.38. The van der Waals surface area contributed by atoms with Crippen LogP contribution in [0.5, 0.6) is 0 Å². The summed E-state index contributed by atoms with van der Waals surface area (Å²) in [5, 5.41) is 1.64. The topological polar surface area (TPSA) is 51.5 Å². The highest BCUT2D eigenvalue weighted by atomic mass is 16.7. The molecule has 0 saturated heterocycles. The number of rotatable bonds is 4. The average molecular weight is 320 g/mol. The molecule has 23 heavy (non-hydrogen) atoms. The summed E-state index contributed by atoms with van der Waals surface area (Å²) in [5.41, 5.74) is 0.981. The zero-order chi connectivity index (χ0) is 17.4. The molecule has 0 amide bonds. The second-order valence-electron chi connectivity index (χ2n) is 8.01. The van der Waals surface area contributed by atoms with E-state index >= 15 is 0 Å². The Morgan fingerprint density at radius 3 is 2.57 bits per heavy atom. The zero-order valence-corrected chi connectivity index (χ0v) is 15.1. The Hall–Kier alpha value is -1.78. The predicted octanol–water partition coefficient (Wildman–Crippen LogP) is 3.25. The molecule has 1 aliphatic heterocycles. The molecule has 1 aromatic rings. The number of carbonyl (C=O) groups is 1. The van der Waals surface area contributed by atoms with Gasteiger partial charge >= 0.3 is 5.97 Å². The van der Waals surface area contributed by atoms with Gasteiger partial charge in [-0.15, -0.1) is 0 Å². The lowest BCUT2D eigenvalue weighted by Crippen LogP contribution is -2.35. The Kier molecular flexibility index (Phi) is 4.60. The van der Waals surface area contributed by atoms with Gasteiger partial charge in [-0.05, 0) is 32.8 Å². The minimum atomic E-state index is -0.566. The molecular weight excluding hydrogens is 292 g/mol. The number of aryl methyl sites for hydroxylation is 1. The van der Waals surface area contributed by atoms with Crippen molar-refractivity contribution < 1.29 is 9.63 Å². The standard InChI is InChI=1S/C18H28N2O3/c1-7-8-9-19-11-14-13(10-15(19)21)18(5,6)12-20(14)23-16(22)17(2,3)4/h10-11H,7-9,12H2,1-6H3. The molecule has 1 aromatic heterocycles. The van der Waals surface area contributed by atoms with Gasteiger partial charge < -0.3 is 9.40 Å². The van der Waals surface area contributed by atoms with Crippen LogP contribution in [0.25, 0.3) is 0 Å². The minimum Gasteiger partial charge on any atom is -0.340 e. The zero-order valence-electron chi connectivity index (χ0n) is 15.1. The maximum Gasteiger partial charge on any atom is 0.337 e. The minimum absolute atomic E-state index is 0.00859. The van der Waals surface area contributed by atoms with Crippen LogP contribution in [-0.2, 0) is 21.6 Å². The first kappa shape index (κ1) is 17.6. The summed E-state index contributed by atoms with van der Waals surface area (Å²) in [6.45, 7) is 13.0. The van der Waals surface area contributed by atoms with Crippen molar-refractivity contribution in [3.63, 3.8) is 0 Å². The molecule has 128 valence electrons. The molecule has 2 rings (SSSR count). The van der Waals surface area contributed by atoms with Crippen LogP contribution in [0.15, 0.2) is 17.1 Å². The number of fused-ring (bicyclic) bond motifs is 1. The van der Waals surface area contributed by atoms with Gasteiger partial charge in [0.2, 0.25) is 0 Å². The van der Waals surface area contributed by atoms with Crippen molar-refractivity contribution in [1.82, 2.24) is 4.57 Å². The molecule has 0 spiro atoms. The second-order valence-corrected chi connectivity index (χ2v) is 8.01. The Morgan fingerprint density at radius 2 is 2.00 bits per heavy atom. The third-order valence-electron chi connectivity index (χ3n) is 4.20. The SMILES string of the molecule is CCCCn1cc2c(cc1=O)C(C)(C)CN2OC(=O)C(C)(C)C. The highest BCUT2D eigenvalue weighted by Crippen LogP contribution is 2.40. The van der Waals surface area contributed by atoms with E-state index in [2.05, 4.69) is 20.8 Å². The number of anilines is 1. The molecule has 0 unspecified atom stereocenters. The van der Waals surface area contributed by atoms with E-state index in [0.29, 0.717) is 13.1 Å². The molecule has 0 aromatic carbocycles. The third-order valence-corrected chi connectivity index (χ3v) is 4.20. The molecule has 0 N–H and O–H groups in total. The third kappa shape index (κ3) is 3.59. The second kappa shape index (κ2) is 6.02. The number of hydrogen-bond donors (Lipinski definition) is 0. The van der Waals surface area contributed by atoms with Crippen LogP contribution in [0, 0.1) is 5.41 Å². The van der Waals surface area contributed by atoms with E-state index in [1.54, 1.807) is 15.7 Å². The number of nitrogens with zero attached hydrogens (tertiary/aromatic N) is 2. The molecule has 2 heterocycles. The monoisotopic (exact) mass is 320 g/mol. The van der Waals surface area contributed by atoms with Gasteiger partial charge in [-0.25, -0.2) is 9.86 Å². The highest BCUT2D eigenvalue weighted by Gasteiger charge is 2.39. The number of hydrogen-bond acceptors (Lipinski definition) is 4. The first-order valence-corrected chi connectivity index (χ1v) is 8.31. The fourth-order valence-electron chi connectivity index (χ4n) is 2.65. The van der Waals surface area contributed by atoms with Gasteiger partial charge in [0.15, 0.2) is 0 Å². The Bertz CT molecular complexity index is 653. The maximum absolute atomic E-state index is 12.3. The lowest BCUT2D eigenvalue weighted by atomic mass is 9.88. The van der Waals surface area contributed by atoms with E-state index in [1.165, 1.54) is 0 Å². The van der Waals surface area contributed by atoms with Crippen molar-refractivity contribution in [2.75, 3.05) is 11.6 Å². The molecule has 0 fully saturated rings. The Labute approximate surface area is 138 Å². The van der Waals surface area contributed by atoms with E-state index in [0.717, 1.165) is 24.1 Å². The Morgan fingerprint density at radius 1 is 1.35 bits per heavy atom. The molecule has 0 radical (unpaired) electrons. The van der Waals surface area contributed by atoms with Crippen molar-refractivity contribution in [3.8, 4) is 0 Å². The first-order chi connectivity index (χ1) is 10.6. The predicted molar refractivity (Wildman–Crippen MR) is 91.5 cm³/mol. The van der Waals surface area contributed by atoms with Gasteiger partial charge in [0, 0.05) is 24.2 Å². The van der Waals surface area contributed by atoms with Crippen molar-refractivity contribution in [3.05, 3.63) is 28.2 Å². The summed E-state index contributed by atoms with van der Waals surface area (Å²) in [7, 11) is 0. The van der Waals surface area contributed by atoms with Gasteiger partial charge in [-0.3, -0.25) is 4.79 Å². The first-order valence-electron chi connectivity index (χ1n) is 8.31. The van der Waals surface area contributed by atoms with Crippen LogP contribution in [0.1, 0.15) is 59.9 Å². The van der Waals surface area contributed by atoms with E-state index in [4.69, 9.17) is 4.84 Å². The van der Waals surface area contributed by atoms with Gasteiger partial charge in [0.1, 0.15) is 0 Å². The molecular formula is C18H28N2O3. The van der Waals surface area contributed by atoms with Crippen LogP contribution in [-0.4, -0.2) is 17.1 Å². The van der Waals surface area contributed by atoms with Crippen molar-refractivity contribution in [2.24, 2.45) is 5.41 Å². The molecule has 0 aliphatic carbocycles. The van der Waals surface area contributed by atoms with Gasteiger partial charge in [-0.2, -0.15) is 0 Å². The maximum atomic E-state index is 12.3. The highest BCUT2D eigenvalue weighted by molar-refractivity contribution is 5.77. The molecule has 0 saturated carbocycles.